The van der Waals surface area contributed by atoms with Crippen LogP contribution >= 0.6 is 0 Å². The highest BCUT2D eigenvalue weighted by Crippen LogP contribution is 2.40. The molecule has 3 heterocycles. The number of hydrogen-bond acceptors (Lipinski definition) is 5. The molecule has 0 spiro atoms. The average molecular weight is 527 g/mol. The van der Waals surface area contributed by atoms with E-state index in [0.717, 1.165) is 60.7 Å². The van der Waals surface area contributed by atoms with Gasteiger partial charge in [0.1, 0.15) is 11.2 Å². The van der Waals surface area contributed by atoms with Gasteiger partial charge in [0.25, 0.3) is 0 Å². The molecule has 0 amide bonds. The zero-order chi connectivity index (χ0) is 27.2. The Kier molecular flexibility index (Phi) is 5.38. The molecule has 0 radical (unpaired) electrons. The summed E-state index contributed by atoms with van der Waals surface area (Å²) in [6, 6.07) is 42.7. The van der Waals surface area contributed by atoms with Crippen LogP contribution in [0.25, 0.3) is 78.1 Å². The van der Waals surface area contributed by atoms with Gasteiger partial charge in [0.05, 0.1) is 10.9 Å². The second-order valence-electron chi connectivity index (χ2n) is 9.91. The SMILES string of the molecule is c1ccc(-c2nc(-c3ccccc3)nc(-c3cccc(-c4cccc5oc6ccc7cccnc7c6c45)c3)n2)cc1. The van der Waals surface area contributed by atoms with Crippen LogP contribution in [-0.4, -0.2) is 19.9 Å². The van der Waals surface area contributed by atoms with E-state index in [9.17, 15) is 0 Å². The highest BCUT2D eigenvalue weighted by molar-refractivity contribution is 6.21. The third-order valence-electron chi connectivity index (χ3n) is 7.36. The Morgan fingerprint density at radius 3 is 1.78 bits per heavy atom. The lowest BCUT2D eigenvalue weighted by Crippen LogP contribution is -2.00. The fourth-order valence-corrected chi connectivity index (χ4v) is 5.45. The zero-order valence-electron chi connectivity index (χ0n) is 21.9. The Bertz CT molecular complexity index is 2150. The van der Waals surface area contributed by atoms with Gasteiger partial charge in [-0.15, -0.1) is 0 Å². The largest absolute Gasteiger partial charge is 0.456 e. The molecule has 0 saturated carbocycles. The summed E-state index contributed by atoms with van der Waals surface area (Å²) in [6.07, 6.45) is 1.83. The van der Waals surface area contributed by atoms with Crippen LogP contribution in [0, 0.1) is 0 Å². The van der Waals surface area contributed by atoms with Crippen LogP contribution in [0.2, 0.25) is 0 Å². The van der Waals surface area contributed by atoms with Gasteiger partial charge in [0, 0.05) is 33.7 Å². The monoisotopic (exact) mass is 526 g/mol. The highest BCUT2D eigenvalue weighted by Gasteiger charge is 2.17. The lowest BCUT2D eigenvalue weighted by atomic mass is 9.97. The van der Waals surface area contributed by atoms with Crippen LogP contribution in [-0.2, 0) is 0 Å². The van der Waals surface area contributed by atoms with Crippen LogP contribution in [0.4, 0.5) is 0 Å². The maximum absolute atomic E-state index is 6.29. The Hall–Kier alpha value is -5.68. The van der Waals surface area contributed by atoms with Crippen molar-refractivity contribution >= 4 is 32.8 Å². The normalized spacial score (nSPS) is 11.4. The third kappa shape index (κ3) is 4.03. The standard InChI is InChI=1S/C36H22N4O/c1-3-10-24(11-4-1)34-38-35(25-12-5-2-6-13-25)40-36(39-34)27-15-7-14-26(22-27)28-17-8-18-29-31(28)32-30(41-29)20-19-23-16-9-21-37-33(23)32/h1-22H. The third-order valence-corrected chi connectivity index (χ3v) is 7.36. The van der Waals surface area contributed by atoms with Crippen LogP contribution in [0.3, 0.4) is 0 Å². The molecule has 3 aromatic heterocycles. The first-order valence-corrected chi connectivity index (χ1v) is 13.5. The van der Waals surface area contributed by atoms with E-state index in [-0.39, 0.29) is 0 Å². The minimum absolute atomic E-state index is 0.621. The lowest BCUT2D eigenvalue weighted by molar-refractivity contribution is 0.669. The molecule has 8 aromatic rings. The summed E-state index contributed by atoms with van der Waals surface area (Å²) in [7, 11) is 0. The van der Waals surface area contributed by atoms with Crippen molar-refractivity contribution in [1.29, 1.82) is 0 Å². The number of rotatable bonds is 4. The van der Waals surface area contributed by atoms with E-state index in [1.807, 2.05) is 97.2 Å². The van der Waals surface area contributed by atoms with Crippen LogP contribution in [0.5, 0.6) is 0 Å². The molecule has 0 saturated heterocycles. The summed E-state index contributed by atoms with van der Waals surface area (Å²) in [5.74, 6) is 1.90. The van der Waals surface area contributed by atoms with E-state index in [1.54, 1.807) is 0 Å². The van der Waals surface area contributed by atoms with Crippen LogP contribution in [0.15, 0.2) is 138 Å². The van der Waals surface area contributed by atoms with Crippen molar-refractivity contribution in [2.45, 2.75) is 0 Å². The van der Waals surface area contributed by atoms with E-state index in [0.29, 0.717) is 17.5 Å². The van der Waals surface area contributed by atoms with Crippen molar-refractivity contribution in [3.63, 3.8) is 0 Å². The fraction of sp³-hybridized carbons (Fsp3) is 0. The first-order valence-electron chi connectivity index (χ1n) is 13.5. The molecular formula is C36H22N4O. The molecule has 0 atom stereocenters. The van der Waals surface area contributed by atoms with Crippen molar-refractivity contribution < 1.29 is 4.42 Å². The first kappa shape index (κ1) is 23.2. The maximum Gasteiger partial charge on any atom is 0.164 e. The lowest BCUT2D eigenvalue weighted by Gasteiger charge is -2.10. The molecule has 41 heavy (non-hydrogen) atoms. The molecule has 0 fully saturated rings. The van der Waals surface area contributed by atoms with Gasteiger partial charge in [-0.3, -0.25) is 4.98 Å². The minimum Gasteiger partial charge on any atom is -0.456 e. The predicted molar refractivity (Wildman–Crippen MR) is 164 cm³/mol. The van der Waals surface area contributed by atoms with E-state index in [1.165, 1.54) is 0 Å². The van der Waals surface area contributed by atoms with Crippen LogP contribution in [0.1, 0.15) is 0 Å². The second kappa shape index (κ2) is 9.50. The van der Waals surface area contributed by atoms with Crippen molar-refractivity contribution in [2.24, 2.45) is 0 Å². The fourth-order valence-electron chi connectivity index (χ4n) is 5.45. The summed E-state index contributed by atoms with van der Waals surface area (Å²) in [5, 5.41) is 3.16. The summed E-state index contributed by atoms with van der Waals surface area (Å²) < 4.78 is 6.29. The van der Waals surface area contributed by atoms with Gasteiger partial charge in [-0.05, 0) is 41.5 Å². The smallest absolute Gasteiger partial charge is 0.164 e. The number of fused-ring (bicyclic) bond motifs is 5. The van der Waals surface area contributed by atoms with Gasteiger partial charge in [-0.25, -0.2) is 15.0 Å². The van der Waals surface area contributed by atoms with Gasteiger partial charge in [-0.2, -0.15) is 0 Å². The van der Waals surface area contributed by atoms with Gasteiger partial charge < -0.3 is 4.42 Å². The summed E-state index contributed by atoms with van der Waals surface area (Å²) in [5.41, 5.74) is 7.51. The van der Waals surface area contributed by atoms with Gasteiger partial charge in [-0.1, -0.05) is 97.1 Å². The Balaban J connectivity index is 1.34. The van der Waals surface area contributed by atoms with Crippen molar-refractivity contribution in [3.05, 3.63) is 134 Å². The first-order chi connectivity index (χ1) is 20.3. The summed E-state index contributed by atoms with van der Waals surface area (Å²) in [6.45, 7) is 0. The molecule has 5 nitrogen and oxygen atoms in total. The van der Waals surface area contributed by atoms with E-state index < -0.39 is 0 Å². The molecule has 0 N–H and O–H groups in total. The van der Waals surface area contributed by atoms with Gasteiger partial charge in [0.2, 0.25) is 0 Å². The predicted octanol–water partition coefficient (Wildman–Crippen LogP) is 8.99. The quantitative estimate of drug-likeness (QED) is 0.229. The second-order valence-corrected chi connectivity index (χ2v) is 9.91. The number of aromatic nitrogens is 4. The molecule has 0 unspecified atom stereocenters. The van der Waals surface area contributed by atoms with Crippen molar-refractivity contribution in [1.82, 2.24) is 19.9 Å². The maximum atomic E-state index is 6.29. The topological polar surface area (TPSA) is 64.7 Å². The van der Waals surface area contributed by atoms with Gasteiger partial charge in [0.15, 0.2) is 17.5 Å². The molecule has 192 valence electrons. The average Bonchev–Trinajstić information content (AvgIpc) is 3.45. The number of benzene rings is 5. The Morgan fingerprint density at radius 1 is 0.439 bits per heavy atom. The molecule has 8 rings (SSSR count). The molecule has 5 aromatic carbocycles. The zero-order valence-corrected chi connectivity index (χ0v) is 21.9. The molecule has 0 aliphatic heterocycles. The van der Waals surface area contributed by atoms with E-state index in [2.05, 4.69) is 36.4 Å². The van der Waals surface area contributed by atoms with Crippen molar-refractivity contribution in [3.8, 4) is 45.3 Å². The molecule has 0 bridgehead atoms. The summed E-state index contributed by atoms with van der Waals surface area (Å²) in [4.78, 5) is 19.4. The number of furan rings is 1. The highest BCUT2D eigenvalue weighted by atomic mass is 16.3. The van der Waals surface area contributed by atoms with Crippen LogP contribution < -0.4 is 0 Å². The minimum atomic E-state index is 0.621. The Morgan fingerprint density at radius 2 is 1.05 bits per heavy atom. The van der Waals surface area contributed by atoms with Crippen molar-refractivity contribution in [2.75, 3.05) is 0 Å². The van der Waals surface area contributed by atoms with E-state index in [4.69, 9.17) is 24.4 Å². The Labute approximate surface area is 235 Å². The molecule has 0 aliphatic carbocycles. The number of hydrogen-bond donors (Lipinski definition) is 0. The number of nitrogens with zero attached hydrogens (tertiary/aromatic N) is 4. The molecular weight excluding hydrogens is 504 g/mol. The van der Waals surface area contributed by atoms with Gasteiger partial charge >= 0.3 is 0 Å². The summed E-state index contributed by atoms with van der Waals surface area (Å²) >= 11 is 0. The molecule has 0 aliphatic rings. The molecule has 5 heteroatoms. The van der Waals surface area contributed by atoms with E-state index >= 15 is 0 Å². The number of pyridine rings is 1.